The van der Waals surface area contributed by atoms with Gasteiger partial charge in [-0.1, -0.05) is 0 Å². The maximum absolute atomic E-state index is 8.50. The van der Waals surface area contributed by atoms with E-state index in [9.17, 15) is 0 Å². The molecule has 0 radical (unpaired) electrons. The Morgan fingerprint density at radius 1 is 1.77 bits per heavy atom. The summed E-state index contributed by atoms with van der Waals surface area (Å²) in [5, 5.41) is 14.9. The lowest BCUT2D eigenvalue weighted by atomic mass is 10.2. The van der Waals surface area contributed by atoms with E-state index in [1.807, 2.05) is 0 Å². The smallest absolute Gasteiger partial charge is 0.107 e. The van der Waals surface area contributed by atoms with Gasteiger partial charge in [0, 0.05) is 5.38 Å². The van der Waals surface area contributed by atoms with E-state index >= 15 is 0 Å². The molecular formula is C9H11N3S. The van der Waals surface area contributed by atoms with Crippen molar-refractivity contribution in [3.05, 3.63) is 16.1 Å². The molecule has 0 bridgehead atoms. The van der Waals surface area contributed by atoms with Gasteiger partial charge in [-0.25, -0.2) is 4.98 Å². The van der Waals surface area contributed by atoms with Crippen LogP contribution in [0.4, 0.5) is 0 Å². The molecule has 0 spiro atoms. The Hall–Kier alpha value is -0.920. The summed E-state index contributed by atoms with van der Waals surface area (Å²) in [7, 11) is 0. The number of thiazole rings is 1. The lowest BCUT2D eigenvalue weighted by molar-refractivity contribution is 0.630. The lowest BCUT2D eigenvalue weighted by Gasteiger charge is -2.04. The normalized spacial score (nSPS) is 21.6. The number of nitrogens with one attached hydrogen (secondary N) is 1. The summed E-state index contributed by atoms with van der Waals surface area (Å²) in [5.41, 5.74) is 1.12. The van der Waals surface area contributed by atoms with Gasteiger partial charge in [-0.05, 0) is 19.4 Å². The van der Waals surface area contributed by atoms with E-state index in [-0.39, 0.29) is 0 Å². The number of aromatic nitrogens is 1. The maximum Gasteiger partial charge on any atom is 0.107 e. The summed E-state index contributed by atoms with van der Waals surface area (Å²) in [5.74, 6) is 0. The molecule has 4 heteroatoms. The molecule has 1 aromatic rings. The van der Waals surface area contributed by atoms with Crippen LogP contribution in [-0.4, -0.2) is 11.5 Å². The summed E-state index contributed by atoms with van der Waals surface area (Å²) in [6.07, 6.45) is 2.85. The second-order valence-corrected chi connectivity index (χ2v) is 4.09. The Morgan fingerprint density at radius 3 is 3.38 bits per heavy atom. The molecule has 0 aromatic carbocycles. The minimum atomic E-state index is 0.434. The van der Waals surface area contributed by atoms with Crippen LogP contribution in [0.3, 0.4) is 0 Å². The minimum Gasteiger partial charge on any atom is -0.309 e. The van der Waals surface area contributed by atoms with Gasteiger partial charge in [-0.3, -0.25) is 0 Å². The van der Waals surface area contributed by atoms with Crippen LogP contribution < -0.4 is 5.32 Å². The monoisotopic (exact) mass is 193 g/mol. The van der Waals surface area contributed by atoms with Crippen molar-refractivity contribution < 1.29 is 0 Å². The molecule has 1 N–H and O–H groups in total. The van der Waals surface area contributed by atoms with Crippen molar-refractivity contribution in [1.29, 1.82) is 5.26 Å². The highest BCUT2D eigenvalue weighted by Gasteiger charge is 2.18. The zero-order valence-corrected chi connectivity index (χ0v) is 8.10. The van der Waals surface area contributed by atoms with E-state index in [1.54, 1.807) is 11.3 Å². The van der Waals surface area contributed by atoms with Crippen LogP contribution in [-0.2, 0) is 6.42 Å². The quantitative estimate of drug-likeness (QED) is 0.776. The third kappa shape index (κ3) is 1.87. The molecule has 0 unspecified atom stereocenters. The molecule has 1 atom stereocenters. The van der Waals surface area contributed by atoms with Crippen molar-refractivity contribution in [2.45, 2.75) is 25.3 Å². The van der Waals surface area contributed by atoms with Crippen LogP contribution in [0.2, 0.25) is 0 Å². The number of nitriles is 1. The molecular weight excluding hydrogens is 182 g/mol. The molecule has 2 heterocycles. The molecule has 13 heavy (non-hydrogen) atoms. The fourth-order valence-electron chi connectivity index (χ4n) is 1.57. The fourth-order valence-corrected chi connectivity index (χ4v) is 2.35. The zero-order chi connectivity index (χ0) is 9.10. The fraction of sp³-hybridized carbons (Fsp3) is 0.556. The lowest BCUT2D eigenvalue weighted by Crippen LogP contribution is -2.13. The van der Waals surface area contributed by atoms with E-state index in [2.05, 4.69) is 21.8 Å². The zero-order valence-electron chi connectivity index (χ0n) is 7.29. The Kier molecular flexibility index (Phi) is 2.57. The molecule has 68 valence electrons. The molecule has 0 aliphatic carbocycles. The van der Waals surface area contributed by atoms with Crippen LogP contribution in [0.25, 0.3) is 0 Å². The van der Waals surface area contributed by atoms with Crippen molar-refractivity contribution in [3.63, 3.8) is 0 Å². The number of rotatable bonds is 2. The first kappa shape index (κ1) is 8.67. The molecule has 1 fully saturated rings. The summed E-state index contributed by atoms with van der Waals surface area (Å²) in [6, 6.07) is 2.55. The van der Waals surface area contributed by atoms with Gasteiger partial charge in [-0.15, -0.1) is 11.3 Å². The average molecular weight is 193 g/mol. The third-order valence-electron chi connectivity index (χ3n) is 2.22. The number of hydrogen-bond donors (Lipinski definition) is 1. The summed E-state index contributed by atoms with van der Waals surface area (Å²) < 4.78 is 0. The Balaban J connectivity index is 2.08. The average Bonchev–Trinajstić information content (AvgIpc) is 2.70. The van der Waals surface area contributed by atoms with E-state index in [1.165, 1.54) is 12.8 Å². The van der Waals surface area contributed by atoms with Crippen LogP contribution >= 0.6 is 11.3 Å². The van der Waals surface area contributed by atoms with Gasteiger partial charge in [0.25, 0.3) is 0 Å². The minimum absolute atomic E-state index is 0.434. The second kappa shape index (κ2) is 3.86. The largest absolute Gasteiger partial charge is 0.309 e. The Morgan fingerprint density at radius 2 is 2.69 bits per heavy atom. The first-order chi connectivity index (χ1) is 6.40. The van der Waals surface area contributed by atoms with E-state index < -0.39 is 0 Å². The van der Waals surface area contributed by atoms with Crippen molar-refractivity contribution in [2.24, 2.45) is 0 Å². The standard InChI is InChI=1S/C9H11N3S/c10-4-3-9-12-8(6-13-9)7-2-1-5-11-7/h6-7,11H,1-3,5H2/t7-/m1/s1. The van der Waals surface area contributed by atoms with Crippen molar-refractivity contribution in [2.75, 3.05) is 6.54 Å². The van der Waals surface area contributed by atoms with Crippen molar-refractivity contribution in [1.82, 2.24) is 10.3 Å². The van der Waals surface area contributed by atoms with Crippen LogP contribution in [0.15, 0.2) is 5.38 Å². The molecule has 2 rings (SSSR count). The highest BCUT2D eigenvalue weighted by molar-refractivity contribution is 7.09. The Bertz CT molecular complexity index is 320. The van der Waals surface area contributed by atoms with Gasteiger partial charge in [0.05, 0.1) is 24.2 Å². The van der Waals surface area contributed by atoms with E-state index in [0.717, 1.165) is 17.2 Å². The van der Waals surface area contributed by atoms with Gasteiger partial charge in [0.2, 0.25) is 0 Å². The predicted octanol–water partition coefficient (Wildman–Crippen LogP) is 1.63. The SMILES string of the molecule is N#CCc1nc([C@H]2CCCN2)cs1. The molecule has 0 amide bonds. The van der Waals surface area contributed by atoms with E-state index in [4.69, 9.17) is 5.26 Å². The van der Waals surface area contributed by atoms with Crippen molar-refractivity contribution >= 4 is 11.3 Å². The summed E-state index contributed by atoms with van der Waals surface area (Å²) in [4.78, 5) is 4.42. The first-order valence-electron chi connectivity index (χ1n) is 4.45. The maximum atomic E-state index is 8.50. The van der Waals surface area contributed by atoms with Gasteiger partial charge < -0.3 is 5.32 Å². The third-order valence-corrected chi connectivity index (χ3v) is 3.08. The van der Waals surface area contributed by atoms with Gasteiger partial charge in [0.15, 0.2) is 0 Å². The number of nitrogens with zero attached hydrogens (tertiary/aromatic N) is 2. The summed E-state index contributed by atoms with van der Waals surface area (Å²) in [6.45, 7) is 1.09. The molecule has 0 saturated carbocycles. The van der Waals surface area contributed by atoms with E-state index in [0.29, 0.717) is 12.5 Å². The van der Waals surface area contributed by atoms with Gasteiger partial charge >= 0.3 is 0 Å². The van der Waals surface area contributed by atoms with Crippen LogP contribution in [0, 0.1) is 11.3 Å². The molecule has 1 aliphatic rings. The first-order valence-corrected chi connectivity index (χ1v) is 5.33. The second-order valence-electron chi connectivity index (χ2n) is 3.15. The van der Waals surface area contributed by atoms with Gasteiger partial charge in [-0.2, -0.15) is 5.26 Å². The molecule has 1 saturated heterocycles. The molecule has 1 aliphatic heterocycles. The number of hydrogen-bond acceptors (Lipinski definition) is 4. The van der Waals surface area contributed by atoms with Crippen LogP contribution in [0.1, 0.15) is 29.6 Å². The highest BCUT2D eigenvalue weighted by atomic mass is 32.1. The molecule has 3 nitrogen and oxygen atoms in total. The highest BCUT2D eigenvalue weighted by Crippen LogP contribution is 2.24. The molecule has 1 aromatic heterocycles. The predicted molar refractivity (Wildman–Crippen MR) is 51.4 cm³/mol. The Labute approximate surface area is 81.4 Å². The topological polar surface area (TPSA) is 48.7 Å². The van der Waals surface area contributed by atoms with Crippen LogP contribution in [0.5, 0.6) is 0 Å². The van der Waals surface area contributed by atoms with Crippen molar-refractivity contribution in [3.8, 4) is 6.07 Å². The summed E-state index contributed by atoms with van der Waals surface area (Å²) >= 11 is 1.59. The van der Waals surface area contributed by atoms with Gasteiger partial charge in [0.1, 0.15) is 5.01 Å².